The van der Waals surface area contributed by atoms with Crippen LogP contribution in [-0.4, -0.2) is 22.0 Å². The van der Waals surface area contributed by atoms with Gasteiger partial charge < -0.3 is 14.7 Å². The molecule has 2 aromatic carbocycles. The third-order valence-electron chi connectivity index (χ3n) is 3.54. The molecule has 9 heteroatoms. The van der Waals surface area contributed by atoms with Crippen molar-refractivity contribution in [3.63, 3.8) is 0 Å². The van der Waals surface area contributed by atoms with Crippen LogP contribution in [0, 0.1) is 0 Å². The van der Waals surface area contributed by atoms with Gasteiger partial charge in [-0.25, -0.2) is 0 Å². The van der Waals surface area contributed by atoms with Crippen LogP contribution in [0.1, 0.15) is 5.56 Å². The molecule has 126 valence electrons. The van der Waals surface area contributed by atoms with Crippen LogP contribution in [0.3, 0.4) is 0 Å². The summed E-state index contributed by atoms with van der Waals surface area (Å²) in [6.07, 6.45) is 0. The number of halogens is 1. The maximum atomic E-state index is 12.6. The summed E-state index contributed by atoms with van der Waals surface area (Å²) in [5, 5.41) is 0.432. The second-order valence-electron chi connectivity index (χ2n) is 5.22. The van der Waals surface area contributed by atoms with E-state index in [1.165, 1.54) is 48.5 Å². The standard InChI is InChI=1S/C16H11BClNO5S/c17-16(10-6-8-11(18)9-7-10)14(20)13(15(19)23-16)24-25(21,22)12-4-2-1-3-5-12/h1-9H,19H2/t16-/m0/s1. The Morgan fingerprint density at radius 1 is 1.08 bits per heavy atom. The fourth-order valence-electron chi connectivity index (χ4n) is 2.26. The van der Waals surface area contributed by atoms with Crippen LogP contribution >= 0.6 is 11.6 Å². The number of hydrogen-bond donors (Lipinski definition) is 1. The van der Waals surface area contributed by atoms with Gasteiger partial charge in [0, 0.05) is 5.02 Å². The predicted octanol–water partition coefficient (Wildman–Crippen LogP) is 1.79. The van der Waals surface area contributed by atoms with Gasteiger partial charge in [0.2, 0.25) is 17.4 Å². The summed E-state index contributed by atoms with van der Waals surface area (Å²) >= 11 is 5.81. The fraction of sp³-hybridized carbons (Fsp3) is 0.0625. The lowest BCUT2D eigenvalue weighted by molar-refractivity contribution is -0.126. The smallest absolute Gasteiger partial charge is 0.339 e. The van der Waals surface area contributed by atoms with Crippen molar-refractivity contribution in [3.8, 4) is 0 Å². The Labute approximate surface area is 150 Å². The van der Waals surface area contributed by atoms with Crippen LogP contribution < -0.4 is 5.73 Å². The molecule has 3 rings (SSSR count). The summed E-state index contributed by atoms with van der Waals surface area (Å²) < 4.78 is 34.7. The highest BCUT2D eigenvalue weighted by Crippen LogP contribution is 2.36. The van der Waals surface area contributed by atoms with Crippen molar-refractivity contribution in [2.75, 3.05) is 0 Å². The van der Waals surface area contributed by atoms with Crippen LogP contribution in [0.4, 0.5) is 0 Å². The maximum Gasteiger partial charge on any atom is 0.339 e. The van der Waals surface area contributed by atoms with Crippen LogP contribution in [0.25, 0.3) is 0 Å². The van der Waals surface area contributed by atoms with Gasteiger partial charge in [-0.2, -0.15) is 8.42 Å². The van der Waals surface area contributed by atoms with Crippen LogP contribution in [-0.2, 0) is 29.3 Å². The largest absolute Gasteiger partial charge is 0.467 e. The first-order valence-corrected chi connectivity index (χ1v) is 8.81. The molecule has 0 fully saturated rings. The third kappa shape index (κ3) is 3.10. The van der Waals surface area contributed by atoms with E-state index in [0.717, 1.165) is 0 Å². The first-order valence-electron chi connectivity index (χ1n) is 7.02. The second-order valence-corrected chi connectivity index (χ2v) is 7.20. The van der Waals surface area contributed by atoms with Gasteiger partial charge in [-0.3, -0.25) is 4.79 Å². The molecular formula is C16H11BClNO5S. The van der Waals surface area contributed by atoms with Gasteiger partial charge in [0.05, 0.1) is 0 Å². The average molecular weight is 376 g/mol. The van der Waals surface area contributed by atoms with Crippen molar-refractivity contribution in [2.24, 2.45) is 5.73 Å². The minimum atomic E-state index is -4.26. The SMILES string of the molecule is [B][C@@]1(c2ccc(Cl)cc2)OC(N)=C(OS(=O)(=O)c2ccccc2)C1=O. The molecule has 25 heavy (non-hydrogen) atoms. The predicted molar refractivity (Wildman–Crippen MR) is 90.9 cm³/mol. The van der Waals surface area contributed by atoms with Gasteiger partial charge in [-0.05, 0) is 29.8 Å². The van der Waals surface area contributed by atoms with E-state index < -0.39 is 33.0 Å². The molecule has 0 aromatic heterocycles. The molecule has 0 saturated heterocycles. The highest BCUT2D eigenvalue weighted by atomic mass is 35.5. The van der Waals surface area contributed by atoms with Gasteiger partial charge in [-0.1, -0.05) is 41.9 Å². The number of ketones is 1. The minimum absolute atomic E-state index is 0.135. The molecule has 1 heterocycles. The number of Topliss-reactive ketones (excluding diaryl/α,β-unsaturated/α-hetero) is 1. The van der Waals surface area contributed by atoms with Crippen molar-refractivity contribution in [2.45, 2.75) is 10.4 Å². The van der Waals surface area contributed by atoms with Crippen LogP contribution in [0.5, 0.6) is 0 Å². The molecule has 0 bridgehead atoms. The monoisotopic (exact) mass is 375 g/mol. The van der Waals surface area contributed by atoms with E-state index in [0.29, 0.717) is 5.02 Å². The van der Waals surface area contributed by atoms with Crippen molar-refractivity contribution in [1.82, 2.24) is 0 Å². The Morgan fingerprint density at radius 2 is 1.68 bits per heavy atom. The van der Waals surface area contributed by atoms with Gasteiger partial charge in [0.1, 0.15) is 12.7 Å². The van der Waals surface area contributed by atoms with Crippen molar-refractivity contribution in [1.29, 1.82) is 0 Å². The number of ether oxygens (including phenoxy) is 1. The third-order valence-corrected chi connectivity index (χ3v) is 5.02. The van der Waals surface area contributed by atoms with Crippen LogP contribution in [0.15, 0.2) is 71.1 Å². The molecule has 0 aliphatic carbocycles. The molecule has 2 N–H and O–H groups in total. The number of hydrogen-bond acceptors (Lipinski definition) is 6. The number of carbonyl (C=O) groups excluding carboxylic acids is 1. The van der Waals surface area contributed by atoms with E-state index in [-0.39, 0.29) is 10.5 Å². The summed E-state index contributed by atoms with van der Waals surface area (Å²) in [5.41, 5.74) is 3.90. The summed E-state index contributed by atoms with van der Waals surface area (Å²) in [7, 11) is 1.74. The Kier molecular flexibility index (Phi) is 4.26. The van der Waals surface area contributed by atoms with Crippen molar-refractivity contribution in [3.05, 3.63) is 76.8 Å². The lowest BCUT2D eigenvalue weighted by atomic mass is 9.73. The van der Waals surface area contributed by atoms with E-state index in [2.05, 4.69) is 0 Å². The van der Waals surface area contributed by atoms with Gasteiger partial charge >= 0.3 is 10.1 Å². The first-order chi connectivity index (χ1) is 11.7. The quantitative estimate of drug-likeness (QED) is 0.646. The Balaban J connectivity index is 1.92. The Hall–Kier alpha value is -2.45. The fourth-order valence-corrected chi connectivity index (χ4v) is 3.35. The molecule has 1 aliphatic rings. The highest BCUT2D eigenvalue weighted by Gasteiger charge is 2.48. The molecule has 1 atom stereocenters. The van der Waals surface area contributed by atoms with Gasteiger partial charge in [0.15, 0.2) is 5.50 Å². The van der Waals surface area contributed by atoms with Gasteiger partial charge in [-0.15, -0.1) is 0 Å². The van der Waals surface area contributed by atoms with Crippen LogP contribution in [0.2, 0.25) is 5.02 Å². The molecule has 6 nitrogen and oxygen atoms in total. The molecule has 0 spiro atoms. The molecular weight excluding hydrogens is 365 g/mol. The molecule has 2 aromatic rings. The zero-order valence-corrected chi connectivity index (χ0v) is 14.3. The van der Waals surface area contributed by atoms with E-state index >= 15 is 0 Å². The summed E-state index contributed by atoms with van der Waals surface area (Å²) in [6.45, 7) is 0. The zero-order chi connectivity index (χ0) is 18.2. The first kappa shape index (κ1) is 17.4. The number of benzene rings is 2. The van der Waals surface area contributed by atoms with E-state index in [1.807, 2.05) is 0 Å². The summed E-state index contributed by atoms with van der Waals surface area (Å²) in [5.74, 6) is -2.09. The lowest BCUT2D eigenvalue weighted by Crippen LogP contribution is -2.35. The molecule has 0 saturated carbocycles. The van der Waals surface area contributed by atoms with Gasteiger partial charge in [0.25, 0.3) is 0 Å². The van der Waals surface area contributed by atoms with E-state index in [9.17, 15) is 13.2 Å². The number of rotatable bonds is 4. The summed E-state index contributed by atoms with van der Waals surface area (Å²) in [6, 6.07) is 13.3. The molecule has 2 radical (unpaired) electrons. The van der Waals surface area contributed by atoms with Crippen molar-refractivity contribution >= 4 is 35.3 Å². The number of carbonyl (C=O) groups is 1. The molecule has 1 aliphatic heterocycles. The lowest BCUT2D eigenvalue weighted by Gasteiger charge is -2.23. The van der Waals surface area contributed by atoms with E-state index in [1.54, 1.807) is 6.07 Å². The Morgan fingerprint density at radius 3 is 2.28 bits per heavy atom. The average Bonchev–Trinajstić information content (AvgIpc) is 2.80. The second kappa shape index (κ2) is 6.13. The Bertz CT molecular complexity index is 960. The minimum Gasteiger partial charge on any atom is -0.467 e. The summed E-state index contributed by atoms with van der Waals surface area (Å²) in [4.78, 5) is 12.5. The van der Waals surface area contributed by atoms with E-state index in [4.69, 9.17) is 34.1 Å². The molecule has 0 unspecified atom stereocenters. The number of nitrogens with two attached hydrogens (primary N) is 1. The molecule has 0 amide bonds. The zero-order valence-electron chi connectivity index (χ0n) is 12.7. The maximum absolute atomic E-state index is 12.6. The highest BCUT2D eigenvalue weighted by molar-refractivity contribution is 7.86. The topological polar surface area (TPSA) is 95.7 Å². The van der Waals surface area contributed by atoms with Crippen molar-refractivity contribution < 1.29 is 22.1 Å². The normalized spacial score (nSPS) is 20.4.